The first-order valence-electron chi connectivity index (χ1n) is 5.74. The molecule has 1 aromatic carbocycles. The van der Waals surface area contributed by atoms with E-state index in [1.54, 1.807) is 0 Å². The second kappa shape index (κ2) is 5.14. The third-order valence-corrected chi connectivity index (χ3v) is 4.08. The lowest BCUT2D eigenvalue weighted by Crippen LogP contribution is -2.37. The number of hydrogen-bond donors (Lipinski definition) is 1. The molecule has 1 aliphatic carbocycles. The Kier molecular flexibility index (Phi) is 3.75. The Balaban J connectivity index is 2.03. The van der Waals surface area contributed by atoms with Crippen LogP contribution in [0.5, 0.6) is 5.75 Å². The maximum atomic E-state index is 13.6. The van der Waals surface area contributed by atoms with Gasteiger partial charge in [-0.1, -0.05) is 6.42 Å². The maximum absolute atomic E-state index is 13.6. The largest absolute Gasteiger partial charge is 0.490 e. The zero-order chi connectivity index (χ0) is 13.2. The van der Waals surface area contributed by atoms with Crippen molar-refractivity contribution in [3.05, 3.63) is 34.1 Å². The summed E-state index contributed by atoms with van der Waals surface area (Å²) in [5, 5.41) is 10.5. The molecule has 0 amide bonds. The lowest BCUT2D eigenvalue weighted by atomic mass is 9.71. The average molecular weight is 271 g/mol. The normalized spacial score (nSPS) is 17.0. The van der Waals surface area contributed by atoms with E-state index in [1.807, 2.05) is 0 Å². The van der Waals surface area contributed by atoms with Crippen molar-refractivity contribution in [1.82, 2.24) is 0 Å². The summed E-state index contributed by atoms with van der Waals surface area (Å²) in [5.41, 5.74) is -0.232. The van der Waals surface area contributed by atoms with Crippen molar-refractivity contribution in [2.75, 3.05) is 12.4 Å². The molecule has 2 rings (SSSR count). The van der Waals surface area contributed by atoms with Crippen LogP contribution in [0.15, 0.2) is 18.2 Å². The van der Waals surface area contributed by atoms with Gasteiger partial charge in [0.2, 0.25) is 0 Å². The van der Waals surface area contributed by atoms with Crippen LogP contribution < -0.4 is 4.74 Å². The van der Waals surface area contributed by atoms with Crippen molar-refractivity contribution in [3.63, 3.8) is 0 Å². The number of nitrogens with zero attached hydrogens (tertiary/aromatic N) is 1. The van der Waals surface area contributed by atoms with Crippen LogP contribution in [0.2, 0.25) is 0 Å². The number of thiol groups is 1. The highest BCUT2D eigenvalue weighted by atomic mass is 32.1. The van der Waals surface area contributed by atoms with Gasteiger partial charge in [0.05, 0.1) is 17.6 Å². The van der Waals surface area contributed by atoms with Crippen LogP contribution in [0.3, 0.4) is 0 Å². The molecule has 18 heavy (non-hydrogen) atoms. The first kappa shape index (κ1) is 13.1. The predicted octanol–water partition coefficient (Wildman–Crippen LogP) is 3.21. The summed E-state index contributed by atoms with van der Waals surface area (Å²) in [5.74, 6) is 0.0770. The van der Waals surface area contributed by atoms with Crippen LogP contribution in [0.1, 0.15) is 19.3 Å². The second-order valence-corrected chi connectivity index (χ2v) is 4.99. The van der Waals surface area contributed by atoms with Crippen molar-refractivity contribution in [1.29, 1.82) is 0 Å². The van der Waals surface area contributed by atoms with Crippen molar-refractivity contribution in [2.24, 2.45) is 5.41 Å². The van der Waals surface area contributed by atoms with E-state index in [2.05, 4.69) is 12.6 Å². The lowest BCUT2D eigenvalue weighted by molar-refractivity contribution is -0.385. The summed E-state index contributed by atoms with van der Waals surface area (Å²) in [6.45, 7) is 0.408. The van der Waals surface area contributed by atoms with Gasteiger partial charge in [0.15, 0.2) is 11.6 Å². The molecular weight excluding hydrogens is 257 g/mol. The Morgan fingerprint density at radius 1 is 1.50 bits per heavy atom. The molecule has 4 nitrogen and oxygen atoms in total. The zero-order valence-corrected chi connectivity index (χ0v) is 10.7. The maximum Gasteiger partial charge on any atom is 0.272 e. The molecule has 0 spiro atoms. The molecule has 1 aromatic rings. The Morgan fingerprint density at radius 3 is 2.67 bits per heavy atom. The van der Waals surface area contributed by atoms with Gasteiger partial charge < -0.3 is 4.74 Å². The van der Waals surface area contributed by atoms with Crippen molar-refractivity contribution in [3.8, 4) is 5.75 Å². The summed E-state index contributed by atoms with van der Waals surface area (Å²) in [6, 6.07) is 3.42. The van der Waals surface area contributed by atoms with E-state index < -0.39 is 10.7 Å². The lowest BCUT2D eigenvalue weighted by Gasteiger charge is -2.40. The van der Waals surface area contributed by atoms with E-state index in [1.165, 1.54) is 12.1 Å². The molecule has 0 bridgehead atoms. The molecule has 0 heterocycles. The molecule has 6 heteroatoms. The predicted molar refractivity (Wildman–Crippen MR) is 68.7 cm³/mol. The number of rotatable bonds is 5. The fraction of sp³-hybridized carbons (Fsp3) is 0.500. The minimum absolute atomic E-state index is 0.0390. The molecule has 1 fully saturated rings. The summed E-state index contributed by atoms with van der Waals surface area (Å²) < 4.78 is 19.0. The molecule has 0 radical (unpaired) electrons. The Morgan fingerprint density at radius 2 is 2.22 bits per heavy atom. The highest BCUT2D eigenvalue weighted by Gasteiger charge is 2.36. The number of non-ortho nitro benzene ring substituents is 1. The number of benzene rings is 1. The number of nitro benzene ring substituents is 1. The van der Waals surface area contributed by atoms with Crippen molar-refractivity contribution in [2.45, 2.75) is 19.3 Å². The van der Waals surface area contributed by atoms with Gasteiger partial charge in [-0.3, -0.25) is 10.1 Å². The fourth-order valence-corrected chi connectivity index (χ4v) is 2.38. The minimum atomic E-state index is -0.696. The Bertz CT molecular complexity index is 457. The van der Waals surface area contributed by atoms with Gasteiger partial charge in [-0.2, -0.15) is 12.6 Å². The highest BCUT2D eigenvalue weighted by molar-refractivity contribution is 7.80. The van der Waals surface area contributed by atoms with Gasteiger partial charge in [-0.05, 0) is 24.7 Å². The Hall–Kier alpha value is -1.30. The molecule has 0 unspecified atom stereocenters. The van der Waals surface area contributed by atoms with E-state index in [0.717, 1.165) is 25.3 Å². The van der Waals surface area contributed by atoms with Crippen LogP contribution in [-0.4, -0.2) is 17.3 Å². The molecule has 0 aromatic heterocycles. The summed E-state index contributed by atoms with van der Waals surface area (Å²) >= 11 is 4.29. The Labute approximate surface area is 110 Å². The van der Waals surface area contributed by atoms with Gasteiger partial charge in [-0.25, -0.2) is 4.39 Å². The second-order valence-electron chi connectivity index (χ2n) is 4.67. The fourth-order valence-electron chi connectivity index (χ4n) is 1.98. The van der Waals surface area contributed by atoms with Gasteiger partial charge in [-0.15, -0.1) is 0 Å². The molecule has 0 N–H and O–H groups in total. The standard InChI is InChI=1S/C12H14FNO3S/c13-10-6-9(14(15)16)2-3-11(10)17-7-12(8-18)4-1-5-12/h2-3,6,18H,1,4-5,7-8H2. The number of ether oxygens (including phenoxy) is 1. The van der Waals surface area contributed by atoms with E-state index >= 15 is 0 Å². The first-order valence-corrected chi connectivity index (χ1v) is 6.37. The molecule has 98 valence electrons. The monoisotopic (exact) mass is 271 g/mol. The van der Waals surface area contributed by atoms with Gasteiger partial charge >= 0.3 is 0 Å². The molecular formula is C12H14FNO3S. The summed E-state index contributed by atoms with van der Waals surface area (Å²) in [4.78, 5) is 9.84. The first-order chi connectivity index (χ1) is 8.56. The van der Waals surface area contributed by atoms with Crippen LogP contribution in [0.4, 0.5) is 10.1 Å². The van der Waals surface area contributed by atoms with Gasteiger partial charge in [0, 0.05) is 11.5 Å². The van der Waals surface area contributed by atoms with Crippen LogP contribution in [0, 0.1) is 21.3 Å². The highest BCUT2D eigenvalue weighted by Crippen LogP contribution is 2.42. The quantitative estimate of drug-likeness (QED) is 0.508. The molecule has 0 atom stereocenters. The molecule has 1 saturated carbocycles. The van der Waals surface area contributed by atoms with Gasteiger partial charge in [0.1, 0.15) is 0 Å². The van der Waals surface area contributed by atoms with Crippen LogP contribution >= 0.6 is 12.6 Å². The SMILES string of the molecule is O=[N+]([O-])c1ccc(OCC2(CS)CCC2)c(F)c1. The molecule has 1 aliphatic rings. The van der Waals surface area contributed by atoms with Crippen LogP contribution in [-0.2, 0) is 0 Å². The third-order valence-electron chi connectivity index (χ3n) is 3.41. The van der Waals surface area contributed by atoms with Crippen molar-refractivity contribution < 1.29 is 14.1 Å². The topological polar surface area (TPSA) is 52.4 Å². The van der Waals surface area contributed by atoms with E-state index in [-0.39, 0.29) is 16.9 Å². The molecule has 0 aliphatic heterocycles. The number of hydrogen-bond acceptors (Lipinski definition) is 4. The smallest absolute Gasteiger partial charge is 0.272 e. The average Bonchev–Trinajstić information content (AvgIpc) is 2.29. The van der Waals surface area contributed by atoms with Crippen LogP contribution in [0.25, 0.3) is 0 Å². The summed E-state index contributed by atoms with van der Waals surface area (Å²) in [6.07, 6.45) is 3.21. The third kappa shape index (κ3) is 2.58. The minimum Gasteiger partial charge on any atom is -0.490 e. The van der Waals surface area contributed by atoms with E-state index in [0.29, 0.717) is 12.4 Å². The van der Waals surface area contributed by atoms with E-state index in [9.17, 15) is 14.5 Å². The zero-order valence-electron chi connectivity index (χ0n) is 9.76. The summed E-state index contributed by atoms with van der Waals surface area (Å²) in [7, 11) is 0. The molecule has 0 saturated heterocycles. The number of halogens is 1. The number of nitro groups is 1. The van der Waals surface area contributed by atoms with E-state index in [4.69, 9.17) is 4.74 Å². The van der Waals surface area contributed by atoms with Crippen molar-refractivity contribution >= 4 is 18.3 Å². The van der Waals surface area contributed by atoms with Gasteiger partial charge in [0.25, 0.3) is 5.69 Å².